The first-order valence-corrected chi connectivity index (χ1v) is 17.9. The molecule has 12 nitrogen and oxygen atoms in total. The van der Waals surface area contributed by atoms with Crippen molar-refractivity contribution in [1.82, 2.24) is 20.0 Å². The van der Waals surface area contributed by atoms with Crippen LogP contribution in [0.5, 0.6) is 5.75 Å². The van der Waals surface area contributed by atoms with Crippen molar-refractivity contribution in [2.45, 2.75) is 76.3 Å². The van der Waals surface area contributed by atoms with Crippen molar-refractivity contribution in [2.75, 3.05) is 24.5 Å². The quantitative estimate of drug-likeness (QED) is 0.280. The van der Waals surface area contributed by atoms with Gasteiger partial charge in [0.2, 0.25) is 17.5 Å². The third kappa shape index (κ3) is 5.68. The summed E-state index contributed by atoms with van der Waals surface area (Å²) in [6.45, 7) is 14.7. The summed E-state index contributed by atoms with van der Waals surface area (Å²) in [5, 5.41) is 2.58. The van der Waals surface area contributed by atoms with Crippen molar-refractivity contribution in [3.8, 4) is 5.75 Å². The maximum Gasteiger partial charge on any atom is 0.262 e. The van der Waals surface area contributed by atoms with Crippen LogP contribution in [0.15, 0.2) is 54.6 Å². The molecule has 3 aromatic rings. The number of carbonyl (C=O) groups is 5. The molecular weight excluding hydrogens is 684 g/mol. The average Bonchev–Trinajstić information content (AvgIpc) is 3.66. The lowest BCUT2D eigenvalue weighted by atomic mass is 9.84. The van der Waals surface area contributed by atoms with E-state index < -0.39 is 35.2 Å². The molecule has 3 aromatic carbocycles. The number of fused-ring (bicyclic) bond motifs is 2. The summed E-state index contributed by atoms with van der Waals surface area (Å²) in [6, 6.07) is 15.8. The van der Waals surface area contributed by atoms with Crippen molar-refractivity contribution in [3.05, 3.63) is 98.9 Å². The number of piperidine rings is 2. The van der Waals surface area contributed by atoms with Crippen molar-refractivity contribution >= 4 is 52.5 Å². The highest BCUT2D eigenvalue weighted by Gasteiger charge is 2.51. The molecule has 2 atom stereocenters. The Balaban J connectivity index is 0.848. The van der Waals surface area contributed by atoms with Gasteiger partial charge in [-0.3, -0.25) is 39.1 Å². The van der Waals surface area contributed by atoms with E-state index >= 15 is 0 Å². The number of hydrogen-bond donors (Lipinski definition) is 1. The van der Waals surface area contributed by atoms with E-state index in [2.05, 4.69) is 20.0 Å². The van der Waals surface area contributed by atoms with Crippen LogP contribution >= 0.6 is 11.6 Å². The summed E-state index contributed by atoms with van der Waals surface area (Å²) in [7, 11) is 0. The van der Waals surface area contributed by atoms with Crippen LogP contribution in [0.3, 0.4) is 0 Å². The number of benzene rings is 3. The van der Waals surface area contributed by atoms with Gasteiger partial charge in [-0.25, -0.2) is 4.85 Å². The summed E-state index contributed by atoms with van der Waals surface area (Å²) >= 11 is 6.18. The summed E-state index contributed by atoms with van der Waals surface area (Å²) < 4.78 is 6.14. The number of rotatable bonds is 6. The lowest BCUT2D eigenvalue weighted by Gasteiger charge is -2.54. The second-order valence-electron chi connectivity index (χ2n) is 14.7. The van der Waals surface area contributed by atoms with Crippen molar-refractivity contribution in [1.29, 1.82) is 0 Å². The van der Waals surface area contributed by atoms with Crippen LogP contribution in [-0.4, -0.2) is 87.6 Å². The molecule has 3 saturated heterocycles. The molecule has 0 aliphatic carbocycles. The zero-order valence-corrected chi connectivity index (χ0v) is 29.6. The van der Waals surface area contributed by atoms with Crippen LogP contribution in [0.1, 0.15) is 81.7 Å². The first-order valence-electron chi connectivity index (χ1n) is 17.5. The minimum Gasteiger partial charge on any atom is -0.486 e. The van der Waals surface area contributed by atoms with Crippen LogP contribution in [0.25, 0.3) is 4.85 Å². The van der Waals surface area contributed by atoms with Gasteiger partial charge in [0.1, 0.15) is 17.9 Å². The molecule has 0 saturated carbocycles. The van der Waals surface area contributed by atoms with E-state index in [1.807, 2.05) is 55.1 Å². The van der Waals surface area contributed by atoms with Crippen molar-refractivity contribution < 1.29 is 28.7 Å². The van der Waals surface area contributed by atoms with Gasteiger partial charge >= 0.3 is 0 Å². The zero-order chi connectivity index (χ0) is 36.5. The number of halogens is 1. The van der Waals surface area contributed by atoms with E-state index in [9.17, 15) is 24.0 Å². The third-order valence-electron chi connectivity index (χ3n) is 11.4. The summed E-state index contributed by atoms with van der Waals surface area (Å²) in [4.78, 5) is 75.1. The first kappa shape index (κ1) is 33.9. The van der Waals surface area contributed by atoms with Gasteiger partial charge in [-0.1, -0.05) is 17.7 Å². The minimum atomic E-state index is -0.970. The Morgan fingerprint density at radius 1 is 0.923 bits per heavy atom. The highest BCUT2D eigenvalue weighted by atomic mass is 35.5. The van der Waals surface area contributed by atoms with Crippen LogP contribution in [-0.2, 0) is 22.7 Å². The Kier molecular flexibility index (Phi) is 8.31. The Morgan fingerprint density at radius 3 is 2.15 bits per heavy atom. The SMILES string of the molecule is [C-]#[N+]c1ccc(O[C@H]2CN(C(=O)c3ccc(N4CCC(N5Cc6cc7c(cc6C5)C(=O)N(C5CCC(=O)NC5=O)C7=O)CC4)cc3)C2(C)C)cc1Cl. The fourth-order valence-corrected chi connectivity index (χ4v) is 8.35. The Labute approximate surface area is 306 Å². The summed E-state index contributed by atoms with van der Waals surface area (Å²) in [5.74, 6) is -1.44. The predicted molar refractivity (Wildman–Crippen MR) is 191 cm³/mol. The second-order valence-corrected chi connectivity index (χ2v) is 15.1. The molecule has 13 heteroatoms. The number of amides is 5. The summed E-state index contributed by atoms with van der Waals surface area (Å²) in [6.07, 6.45) is 1.91. The van der Waals surface area contributed by atoms with Gasteiger partial charge < -0.3 is 14.5 Å². The van der Waals surface area contributed by atoms with E-state index in [1.165, 1.54) is 0 Å². The topological polar surface area (TPSA) is 124 Å². The molecule has 266 valence electrons. The van der Waals surface area contributed by atoms with Gasteiger partial charge in [-0.2, -0.15) is 0 Å². The van der Waals surface area contributed by atoms with E-state index in [1.54, 1.807) is 18.2 Å². The van der Waals surface area contributed by atoms with Crippen molar-refractivity contribution in [2.24, 2.45) is 0 Å². The lowest BCUT2D eigenvalue weighted by molar-refractivity contribution is -0.136. The molecule has 0 bridgehead atoms. The lowest BCUT2D eigenvalue weighted by Crippen LogP contribution is -2.71. The standard InChI is InChI=1S/C39H37ClN6O6/c1-39(2)33(52-27-8-9-31(41-3)30(40)18-27)21-45(39)36(49)22-4-6-25(7-5-22)43-14-12-26(13-15-43)44-19-23-16-28-29(17-24(23)20-44)38(51)46(37(28)50)32-10-11-34(47)42-35(32)48/h4-9,16-18,26,32-33H,10-15,19-21H2,1-2H3,(H,42,47,48)/t32?,33-/m0/s1. The number of nitrogens with one attached hydrogen (secondary N) is 1. The first-order chi connectivity index (χ1) is 24.9. The molecule has 3 fully saturated rings. The van der Waals surface area contributed by atoms with Gasteiger partial charge in [0.15, 0.2) is 0 Å². The molecule has 0 spiro atoms. The number of hydrogen-bond acceptors (Lipinski definition) is 8. The fraction of sp³-hybridized carbons (Fsp3) is 0.385. The molecule has 5 amide bonds. The molecule has 0 aromatic heterocycles. The Morgan fingerprint density at radius 2 is 1.58 bits per heavy atom. The molecule has 52 heavy (non-hydrogen) atoms. The number of likely N-dealkylation sites (tertiary alicyclic amines) is 1. The van der Waals surface area contributed by atoms with Crippen LogP contribution < -0.4 is 15.0 Å². The molecule has 5 aliphatic rings. The maximum atomic E-state index is 13.5. The molecule has 5 aliphatic heterocycles. The largest absolute Gasteiger partial charge is 0.486 e. The van der Waals surface area contributed by atoms with E-state index in [4.69, 9.17) is 22.9 Å². The van der Waals surface area contributed by atoms with Crippen LogP contribution in [0, 0.1) is 6.57 Å². The molecule has 1 unspecified atom stereocenters. The molecule has 0 radical (unpaired) electrons. The highest BCUT2D eigenvalue weighted by molar-refractivity contribution is 6.33. The Bertz CT molecular complexity index is 2040. The minimum absolute atomic E-state index is 0.0526. The number of anilines is 1. The monoisotopic (exact) mass is 720 g/mol. The number of nitrogens with zero attached hydrogens (tertiary/aromatic N) is 5. The predicted octanol–water partition coefficient (Wildman–Crippen LogP) is 4.96. The molecule has 5 heterocycles. The van der Waals surface area contributed by atoms with Crippen LogP contribution in [0.4, 0.5) is 11.4 Å². The van der Waals surface area contributed by atoms with E-state index in [0.29, 0.717) is 58.8 Å². The highest BCUT2D eigenvalue weighted by Crippen LogP contribution is 2.38. The van der Waals surface area contributed by atoms with Gasteiger partial charge in [0.05, 0.1) is 34.8 Å². The maximum absolute atomic E-state index is 13.5. The number of imide groups is 2. The van der Waals surface area contributed by atoms with E-state index in [0.717, 1.165) is 47.6 Å². The van der Waals surface area contributed by atoms with Crippen LogP contribution in [0.2, 0.25) is 5.02 Å². The van der Waals surface area contributed by atoms with Gasteiger partial charge in [0, 0.05) is 49.9 Å². The smallest absolute Gasteiger partial charge is 0.262 e. The normalized spacial score (nSPS) is 22.8. The number of carbonyl (C=O) groups excluding carboxylic acids is 5. The van der Waals surface area contributed by atoms with E-state index in [-0.39, 0.29) is 24.9 Å². The molecular formula is C39H37ClN6O6. The summed E-state index contributed by atoms with van der Waals surface area (Å²) in [5.41, 5.74) is 4.23. The zero-order valence-electron chi connectivity index (χ0n) is 28.9. The molecule has 1 N–H and O–H groups in total. The van der Waals surface area contributed by atoms with Crippen molar-refractivity contribution in [3.63, 3.8) is 0 Å². The van der Waals surface area contributed by atoms with Gasteiger partial charge in [-0.15, -0.1) is 0 Å². The molecule has 8 rings (SSSR count). The Hall–Kier alpha value is -5.25. The fourth-order valence-electron chi connectivity index (χ4n) is 8.14. The van der Waals surface area contributed by atoms with Gasteiger partial charge in [0.25, 0.3) is 17.7 Å². The third-order valence-corrected chi connectivity index (χ3v) is 11.7. The number of ether oxygens (including phenoxy) is 1. The second kappa shape index (κ2) is 12.8. The average molecular weight is 721 g/mol. The van der Waals surface area contributed by atoms with Gasteiger partial charge in [-0.05, 0) is 92.8 Å².